The van der Waals surface area contributed by atoms with E-state index in [0.29, 0.717) is 0 Å². The largest absolute Gasteiger partial charge is 0.403 e. The van der Waals surface area contributed by atoms with Crippen molar-refractivity contribution in [3.8, 4) is 0 Å². The van der Waals surface area contributed by atoms with Crippen LogP contribution in [0.25, 0.3) is 0 Å². The molecule has 0 rings (SSSR count). The Balaban J connectivity index is 4.58. The minimum Gasteiger partial charge on any atom is -0.403 e. The lowest BCUT2D eigenvalue weighted by molar-refractivity contribution is -0.130. The average Bonchev–Trinajstić information content (AvgIpc) is 2.16. The van der Waals surface area contributed by atoms with E-state index in [4.69, 9.17) is 5.73 Å². The van der Waals surface area contributed by atoms with Gasteiger partial charge in [-0.15, -0.1) is 11.8 Å². The summed E-state index contributed by atoms with van der Waals surface area (Å²) in [4.78, 5) is 13.7. The van der Waals surface area contributed by atoms with Crippen molar-refractivity contribution in [3.63, 3.8) is 0 Å². The SMILES string of the molecule is CCCN(/C=C\N)C(=O)C(C)(C)SC. The molecule has 0 aliphatic carbocycles. The summed E-state index contributed by atoms with van der Waals surface area (Å²) >= 11 is 1.55. The van der Waals surface area contributed by atoms with Crippen LogP contribution < -0.4 is 5.73 Å². The number of carbonyl (C=O) groups is 1. The number of thioether (sulfide) groups is 1. The molecule has 0 fully saturated rings. The summed E-state index contributed by atoms with van der Waals surface area (Å²) in [5.41, 5.74) is 5.30. The molecule has 0 spiro atoms. The van der Waals surface area contributed by atoms with Crippen molar-refractivity contribution < 1.29 is 4.79 Å². The molecule has 4 heteroatoms. The van der Waals surface area contributed by atoms with E-state index in [2.05, 4.69) is 0 Å². The van der Waals surface area contributed by atoms with E-state index >= 15 is 0 Å². The third kappa shape index (κ3) is 3.62. The van der Waals surface area contributed by atoms with E-state index < -0.39 is 0 Å². The first-order valence-corrected chi connectivity index (χ1v) is 5.96. The van der Waals surface area contributed by atoms with E-state index in [1.807, 2.05) is 27.0 Å². The highest BCUT2D eigenvalue weighted by Crippen LogP contribution is 2.24. The maximum atomic E-state index is 12.0. The van der Waals surface area contributed by atoms with Crippen molar-refractivity contribution >= 4 is 17.7 Å². The summed E-state index contributed by atoms with van der Waals surface area (Å²) in [5.74, 6) is 0.105. The highest BCUT2D eigenvalue weighted by atomic mass is 32.2. The van der Waals surface area contributed by atoms with Gasteiger partial charge in [-0.25, -0.2) is 0 Å². The van der Waals surface area contributed by atoms with Gasteiger partial charge >= 0.3 is 0 Å². The summed E-state index contributed by atoms with van der Waals surface area (Å²) in [6, 6.07) is 0. The second-order valence-electron chi connectivity index (χ2n) is 3.55. The summed E-state index contributed by atoms with van der Waals surface area (Å²) in [5, 5.41) is 0. The fourth-order valence-electron chi connectivity index (χ4n) is 1.02. The molecule has 0 radical (unpaired) electrons. The van der Waals surface area contributed by atoms with Gasteiger partial charge in [0.25, 0.3) is 0 Å². The lowest BCUT2D eigenvalue weighted by Gasteiger charge is -2.27. The minimum absolute atomic E-state index is 0.105. The zero-order chi connectivity index (χ0) is 11.2. The number of hydrogen-bond donors (Lipinski definition) is 1. The number of amides is 1. The molecule has 0 aliphatic rings. The maximum absolute atomic E-state index is 12.0. The molecule has 0 bridgehead atoms. The third-order valence-electron chi connectivity index (χ3n) is 2.02. The Bertz CT molecular complexity index is 214. The van der Waals surface area contributed by atoms with E-state index in [0.717, 1.165) is 13.0 Å². The topological polar surface area (TPSA) is 46.3 Å². The van der Waals surface area contributed by atoms with Gasteiger partial charge in [-0.2, -0.15) is 0 Å². The van der Waals surface area contributed by atoms with Crippen molar-refractivity contribution in [3.05, 3.63) is 12.4 Å². The van der Waals surface area contributed by atoms with Crippen LogP contribution in [-0.4, -0.2) is 28.4 Å². The van der Waals surface area contributed by atoms with Gasteiger partial charge in [-0.05, 0) is 26.5 Å². The van der Waals surface area contributed by atoms with E-state index in [1.165, 1.54) is 6.20 Å². The molecule has 0 atom stereocenters. The number of carbonyl (C=O) groups excluding carboxylic acids is 1. The smallest absolute Gasteiger partial charge is 0.242 e. The molecule has 0 aliphatic heterocycles. The fraction of sp³-hybridized carbons (Fsp3) is 0.700. The van der Waals surface area contributed by atoms with Gasteiger partial charge in [0.1, 0.15) is 0 Å². The van der Waals surface area contributed by atoms with Crippen LogP contribution in [-0.2, 0) is 4.79 Å². The van der Waals surface area contributed by atoms with Crippen LogP contribution in [0.3, 0.4) is 0 Å². The zero-order valence-electron chi connectivity index (χ0n) is 9.41. The van der Waals surface area contributed by atoms with Crippen LogP contribution in [0, 0.1) is 0 Å². The summed E-state index contributed by atoms with van der Waals surface area (Å²) < 4.78 is -0.380. The van der Waals surface area contributed by atoms with Gasteiger partial charge in [-0.3, -0.25) is 4.79 Å². The average molecular weight is 216 g/mol. The maximum Gasteiger partial charge on any atom is 0.242 e. The fourth-order valence-corrected chi connectivity index (χ4v) is 1.31. The predicted molar refractivity (Wildman–Crippen MR) is 62.9 cm³/mol. The first-order chi connectivity index (χ1) is 6.49. The van der Waals surface area contributed by atoms with Gasteiger partial charge in [0.15, 0.2) is 0 Å². The predicted octanol–water partition coefficient (Wildman–Crippen LogP) is 1.80. The molecule has 2 N–H and O–H groups in total. The molecule has 0 aromatic carbocycles. The lowest BCUT2D eigenvalue weighted by atomic mass is 10.1. The van der Waals surface area contributed by atoms with Crippen LogP contribution in [0.15, 0.2) is 12.4 Å². The Labute approximate surface area is 90.7 Å². The molecule has 0 aromatic rings. The second kappa shape index (κ2) is 5.96. The van der Waals surface area contributed by atoms with Crippen molar-refractivity contribution in [2.75, 3.05) is 12.8 Å². The monoisotopic (exact) mass is 216 g/mol. The van der Waals surface area contributed by atoms with Crippen LogP contribution in [0.2, 0.25) is 0 Å². The molecular formula is C10H20N2OS. The Kier molecular flexibility index (Phi) is 5.69. The second-order valence-corrected chi connectivity index (χ2v) is 4.98. The molecule has 3 nitrogen and oxygen atoms in total. The van der Waals surface area contributed by atoms with Crippen LogP contribution in [0.5, 0.6) is 0 Å². The molecule has 82 valence electrons. The minimum atomic E-state index is -0.380. The number of rotatable bonds is 5. The number of nitrogens with two attached hydrogens (primary N) is 1. The van der Waals surface area contributed by atoms with Gasteiger partial charge in [0.2, 0.25) is 5.91 Å². The molecule has 0 unspecified atom stereocenters. The van der Waals surface area contributed by atoms with Crippen LogP contribution >= 0.6 is 11.8 Å². The highest BCUT2D eigenvalue weighted by molar-refractivity contribution is 8.00. The van der Waals surface area contributed by atoms with Crippen molar-refractivity contribution in [2.45, 2.75) is 31.9 Å². The standard InChI is InChI=1S/C10H20N2OS/c1-5-7-12(8-6-11)9(13)10(2,3)14-4/h6,8H,5,7,11H2,1-4H3/b8-6-. The van der Waals surface area contributed by atoms with Crippen molar-refractivity contribution in [2.24, 2.45) is 5.73 Å². The van der Waals surface area contributed by atoms with E-state index in [-0.39, 0.29) is 10.7 Å². The zero-order valence-corrected chi connectivity index (χ0v) is 10.2. The highest BCUT2D eigenvalue weighted by Gasteiger charge is 2.29. The number of hydrogen-bond acceptors (Lipinski definition) is 3. The van der Waals surface area contributed by atoms with E-state index in [9.17, 15) is 4.79 Å². The first kappa shape index (κ1) is 13.4. The molecule has 0 saturated carbocycles. The van der Waals surface area contributed by atoms with Crippen LogP contribution in [0.1, 0.15) is 27.2 Å². The molecule has 14 heavy (non-hydrogen) atoms. The Morgan fingerprint density at radius 2 is 2.14 bits per heavy atom. The first-order valence-electron chi connectivity index (χ1n) is 4.74. The molecule has 1 amide bonds. The van der Waals surface area contributed by atoms with Gasteiger partial charge in [0, 0.05) is 18.9 Å². The Morgan fingerprint density at radius 3 is 2.50 bits per heavy atom. The lowest BCUT2D eigenvalue weighted by Crippen LogP contribution is -2.40. The quantitative estimate of drug-likeness (QED) is 0.762. The summed E-state index contributed by atoms with van der Waals surface area (Å²) in [7, 11) is 0. The van der Waals surface area contributed by atoms with Crippen LogP contribution in [0.4, 0.5) is 0 Å². The molecule has 0 aromatic heterocycles. The molecular weight excluding hydrogens is 196 g/mol. The number of nitrogens with zero attached hydrogens (tertiary/aromatic N) is 1. The van der Waals surface area contributed by atoms with Gasteiger partial charge < -0.3 is 10.6 Å². The Hall–Kier alpha value is -0.640. The van der Waals surface area contributed by atoms with E-state index in [1.54, 1.807) is 22.9 Å². The molecule has 0 saturated heterocycles. The van der Waals surface area contributed by atoms with Crippen molar-refractivity contribution in [1.29, 1.82) is 0 Å². The summed E-state index contributed by atoms with van der Waals surface area (Å²) in [6.45, 7) is 6.60. The normalized spacial score (nSPS) is 12.0. The van der Waals surface area contributed by atoms with Gasteiger partial charge in [0.05, 0.1) is 4.75 Å². The Morgan fingerprint density at radius 1 is 1.57 bits per heavy atom. The molecule has 0 heterocycles. The van der Waals surface area contributed by atoms with Gasteiger partial charge in [-0.1, -0.05) is 6.92 Å². The third-order valence-corrected chi connectivity index (χ3v) is 3.21. The summed E-state index contributed by atoms with van der Waals surface area (Å²) in [6.07, 6.45) is 5.92. The van der Waals surface area contributed by atoms with Crippen molar-refractivity contribution in [1.82, 2.24) is 4.90 Å².